The number of sulfonamides is 1. The van der Waals surface area contributed by atoms with Gasteiger partial charge in [0.25, 0.3) is 0 Å². The normalized spacial score (nSPS) is 20.2. The molecule has 0 aliphatic carbocycles. The zero-order valence-corrected chi connectivity index (χ0v) is 23.9. The van der Waals surface area contributed by atoms with Crippen molar-refractivity contribution in [2.75, 3.05) is 24.5 Å². The minimum atomic E-state index is -3.95. The van der Waals surface area contributed by atoms with Crippen LogP contribution in [0.2, 0.25) is 0 Å². The maximum absolute atomic E-state index is 13.9. The average molecular weight is 550 g/mol. The first-order chi connectivity index (χ1) is 18.6. The van der Waals surface area contributed by atoms with Crippen molar-refractivity contribution in [3.8, 4) is 5.75 Å². The number of nitrogens with zero attached hydrogens (tertiary/aromatic N) is 3. The molecule has 1 saturated heterocycles. The van der Waals surface area contributed by atoms with Crippen molar-refractivity contribution in [2.24, 2.45) is 5.92 Å². The third-order valence-electron chi connectivity index (χ3n) is 7.49. The summed E-state index contributed by atoms with van der Waals surface area (Å²) >= 11 is 0. The lowest BCUT2D eigenvalue weighted by molar-refractivity contribution is -0.123. The Morgan fingerprint density at radius 2 is 1.77 bits per heavy atom. The van der Waals surface area contributed by atoms with Gasteiger partial charge < -0.3 is 14.2 Å². The van der Waals surface area contributed by atoms with E-state index in [4.69, 9.17) is 9.26 Å². The molecule has 2 aliphatic heterocycles. The Kier molecular flexibility index (Phi) is 7.39. The number of aryl methyl sites for hydroxylation is 4. The molecule has 206 valence electrons. The maximum atomic E-state index is 13.9. The van der Waals surface area contributed by atoms with Crippen LogP contribution in [-0.2, 0) is 14.8 Å². The zero-order chi connectivity index (χ0) is 27.9. The summed E-state index contributed by atoms with van der Waals surface area (Å²) in [5.74, 6) is 0.325. The summed E-state index contributed by atoms with van der Waals surface area (Å²) in [5, 5.41) is 3.99. The highest BCUT2D eigenvalue weighted by atomic mass is 32.2. The molecular weight excluding hydrogens is 514 g/mol. The Bertz CT molecular complexity index is 1520. The number of amides is 1. The molecule has 3 aromatic rings. The van der Waals surface area contributed by atoms with Crippen molar-refractivity contribution in [2.45, 2.75) is 58.5 Å². The molecule has 0 unspecified atom stereocenters. The first kappa shape index (κ1) is 27.1. The number of hydrogen-bond acceptors (Lipinski definition) is 6. The van der Waals surface area contributed by atoms with Gasteiger partial charge in [0.05, 0.1) is 18.2 Å². The molecule has 2 aliphatic rings. The Labute approximate surface area is 230 Å². The van der Waals surface area contributed by atoms with Gasteiger partial charge in [-0.05, 0) is 82.4 Å². The number of aromatic nitrogens is 1. The van der Waals surface area contributed by atoms with Crippen molar-refractivity contribution in [3.63, 3.8) is 0 Å². The van der Waals surface area contributed by atoms with Gasteiger partial charge in [-0.25, -0.2) is 8.42 Å². The van der Waals surface area contributed by atoms with Crippen LogP contribution in [0.15, 0.2) is 45.8 Å². The largest absolute Gasteiger partial charge is 0.487 e. The van der Waals surface area contributed by atoms with Gasteiger partial charge in [0, 0.05) is 13.1 Å². The molecule has 5 rings (SSSR count). The number of rotatable bonds is 5. The number of ether oxygens (including phenoxy) is 1. The standard InChI is InChI=1S/C30H35N3O5S/c1-19-15-20(2)25(21(3)16-19)12-13-28-29(23(5)31-38-28)39(35,36)32-14-8-9-24(18-32)30(34)33-17-22(4)37-27-11-7-6-10-26(27)33/h6-7,10-13,15-16,22,24H,8-9,14,17-18H2,1-5H3/b13-12+/t22-,24-/m0/s1. The molecule has 0 N–H and O–H groups in total. The van der Waals surface area contributed by atoms with Crippen molar-refractivity contribution in [1.29, 1.82) is 0 Å². The van der Waals surface area contributed by atoms with Crippen LogP contribution in [0.25, 0.3) is 12.2 Å². The van der Waals surface area contributed by atoms with Crippen LogP contribution in [-0.4, -0.2) is 49.5 Å². The molecule has 8 nitrogen and oxygen atoms in total. The Hall–Kier alpha value is -3.43. The molecule has 1 amide bonds. The topological polar surface area (TPSA) is 93.0 Å². The Morgan fingerprint density at radius 3 is 2.51 bits per heavy atom. The number of carbonyl (C=O) groups excluding carboxylic acids is 1. The van der Waals surface area contributed by atoms with Crippen LogP contribution >= 0.6 is 0 Å². The Balaban J connectivity index is 1.40. The van der Waals surface area contributed by atoms with E-state index in [-0.39, 0.29) is 29.2 Å². The zero-order valence-electron chi connectivity index (χ0n) is 23.1. The fourth-order valence-electron chi connectivity index (χ4n) is 5.72. The van der Waals surface area contributed by atoms with E-state index in [1.54, 1.807) is 17.9 Å². The van der Waals surface area contributed by atoms with E-state index in [1.165, 1.54) is 9.87 Å². The van der Waals surface area contributed by atoms with E-state index >= 15 is 0 Å². The van der Waals surface area contributed by atoms with Crippen LogP contribution in [0, 0.1) is 33.6 Å². The predicted octanol–water partition coefficient (Wildman–Crippen LogP) is 5.29. The van der Waals surface area contributed by atoms with Crippen molar-refractivity contribution < 1.29 is 22.5 Å². The van der Waals surface area contributed by atoms with Gasteiger partial charge in [-0.15, -0.1) is 0 Å². The maximum Gasteiger partial charge on any atom is 0.248 e. The van der Waals surface area contributed by atoms with Crippen LogP contribution in [0.5, 0.6) is 5.75 Å². The number of anilines is 1. The molecule has 0 bridgehead atoms. The van der Waals surface area contributed by atoms with Crippen LogP contribution in [0.1, 0.15) is 53.5 Å². The summed E-state index contributed by atoms with van der Waals surface area (Å²) in [6, 6.07) is 11.7. The average Bonchev–Trinajstić information content (AvgIpc) is 3.28. The molecular formula is C30H35N3O5S. The monoisotopic (exact) mass is 549 g/mol. The minimum absolute atomic E-state index is 0.0552. The second-order valence-electron chi connectivity index (χ2n) is 10.7. The van der Waals surface area contributed by atoms with Gasteiger partial charge in [0.2, 0.25) is 15.9 Å². The Morgan fingerprint density at radius 1 is 1.05 bits per heavy atom. The number of hydrogen-bond donors (Lipinski definition) is 0. The molecule has 1 aromatic heterocycles. The molecule has 0 saturated carbocycles. The second kappa shape index (κ2) is 10.6. The second-order valence-corrected chi connectivity index (χ2v) is 12.5. The van der Waals surface area contributed by atoms with Gasteiger partial charge >= 0.3 is 0 Å². The molecule has 9 heteroatoms. The summed E-state index contributed by atoms with van der Waals surface area (Å²) in [7, 11) is -3.95. The first-order valence-corrected chi connectivity index (χ1v) is 14.8. The summed E-state index contributed by atoms with van der Waals surface area (Å²) in [6.07, 6.45) is 4.62. The van der Waals surface area contributed by atoms with Crippen LogP contribution in [0.3, 0.4) is 0 Å². The van der Waals surface area contributed by atoms with E-state index in [0.717, 1.165) is 22.4 Å². The quantitative estimate of drug-likeness (QED) is 0.429. The summed E-state index contributed by atoms with van der Waals surface area (Å²) in [5.41, 5.74) is 5.41. The molecule has 2 aromatic carbocycles. The lowest BCUT2D eigenvalue weighted by Crippen LogP contribution is -2.50. The van der Waals surface area contributed by atoms with Crippen molar-refractivity contribution in [1.82, 2.24) is 9.46 Å². The smallest absolute Gasteiger partial charge is 0.248 e. The molecule has 1 fully saturated rings. The van der Waals surface area contributed by atoms with Crippen LogP contribution < -0.4 is 9.64 Å². The van der Waals surface area contributed by atoms with E-state index in [0.29, 0.717) is 37.4 Å². The minimum Gasteiger partial charge on any atom is -0.487 e. The highest BCUT2D eigenvalue weighted by molar-refractivity contribution is 7.89. The van der Waals surface area contributed by atoms with Crippen molar-refractivity contribution >= 4 is 33.8 Å². The van der Waals surface area contributed by atoms with Gasteiger partial charge in [-0.1, -0.05) is 41.1 Å². The lowest BCUT2D eigenvalue weighted by Gasteiger charge is -2.38. The van der Waals surface area contributed by atoms with Crippen LogP contribution in [0.4, 0.5) is 5.69 Å². The summed E-state index contributed by atoms with van der Waals surface area (Å²) in [4.78, 5) is 15.5. The summed E-state index contributed by atoms with van der Waals surface area (Å²) < 4.78 is 40.6. The molecule has 3 heterocycles. The van der Waals surface area contributed by atoms with Gasteiger partial charge in [-0.2, -0.15) is 4.31 Å². The number of fused-ring (bicyclic) bond motifs is 1. The van der Waals surface area contributed by atoms with E-state index in [9.17, 15) is 13.2 Å². The molecule has 39 heavy (non-hydrogen) atoms. The SMILES string of the molecule is Cc1cc(C)c(/C=C/c2onc(C)c2S(=O)(=O)N2CCC[C@H](C(=O)N3C[C@H](C)Oc4ccccc43)C2)c(C)c1. The fourth-order valence-corrected chi connectivity index (χ4v) is 7.50. The van der Waals surface area contributed by atoms with E-state index < -0.39 is 15.9 Å². The number of benzene rings is 2. The van der Waals surface area contributed by atoms with Gasteiger partial charge in [-0.3, -0.25) is 4.79 Å². The van der Waals surface area contributed by atoms with Gasteiger partial charge in [0.15, 0.2) is 10.7 Å². The van der Waals surface area contributed by atoms with E-state index in [1.807, 2.05) is 58.0 Å². The number of carbonyl (C=O) groups is 1. The number of piperidine rings is 1. The fraction of sp³-hybridized carbons (Fsp3) is 0.400. The van der Waals surface area contributed by atoms with Crippen molar-refractivity contribution in [3.05, 3.63) is 70.1 Å². The lowest BCUT2D eigenvalue weighted by atomic mass is 9.97. The third-order valence-corrected chi connectivity index (χ3v) is 9.52. The predicted molar refractivity (Wildman–Crippen MR) is 151 cm³/mol. The van der Waals surface area contributed by atoms with E-state index in [2.05, 4.69) is 17.3 Å². The summed E-state index contributed by atoms with van der Waals surface area (Å²) in [6.45, 7) is 10.5. The highest BCUT2D eigenvalue weighted by Crippen LogP contribution is 2.36. The highest BCUT2D eigenvalue weighted by Gasteiger charge is 2.39. The van der Waals surface area contributed by atoms with Gasteiger partial charge in [0.1, 0.15) is 17.5 Å². The number of para-hydroxylation sites is 2. The molecule has 2 atom stereocenters. The third kappa shape index (κ3) is 5.25. The first-order valence-electron chi connectivity index (χ1n) is 13.4. The molecule has 0 spiro atoms. The molecule has 0 radical (unpaired) electrons.